The lowest BCUT2D eigenvalue weighted by Crippen LogP contribution is -2.35. The van der Waals surface area contributed by atoms with Gasteiger partial charge < -0.3 is 19.8 Å². The molecule has 0 radical (unpaired) electrons. The summed E-state index contributed by atoms with van der Waals surface area (Å²) in [5.41, 5.74) is 5.41. The molecule has 1 aliphatic rings. The number of likely N-dealkylation sites (tertiary alicyclic amines) is 1. The zero-order valence-corrected chi connectivity index (χ0v) is 10.0. The largest absolute Gasteiger partial charge is 0.456 e. The number of hydrogen-bond acceptors (Lipinski definition) is 5. The second-order valence-electron chi connectivity index (χ2n) is 4.38. The summed E-state index contributed by atoms with van der Waals surface area (Å²) in [7, 11) is 2.07. The van der Waals surface area contributed by atoms with Crippen molar-refractivity contribution < 1.29 is 13.9 Å². The van der Waals surface area contributed by atoms with E-state index in [0.29, 0.717) is 12.3 Å². The topological polar surface area (TPSA) is 68.7 Å². The van der Waals surface area contributed by atoms with Crippen molar-refractivity contribution in [1.29, 1.82) is 0 Å². The molecule has 0 spiro atoms. The number of carbonyl (C=O) groups is 1. The van der Waals surface area contributed by atoms with E-state index in [1.54, 1.807) is 12.1 Å². The summed E-state index contributed by atoms with van der Waals surface area (Å²) >= 11 is 0. The van der Waals surface area contributed by atoms with Gasteiger partial charge in [0.1, 0.15) is 11.9 Å². The molecule has 1 aromatic heterocycles. The van der Waals surface area contributed by atoms with Crippen LogP contribution < -0.4 is 5.73 Å². The Labute approximate surface area is 101 Å². The van der Waals surface area contributed by atoms with Gasteiger partial charge in [-0.15, -0.1) is 0 Å². The van der Waals surface area contributed by atoms with Crippen molar-refractivity contribution in [1.82, 2.24) is 4.90 Å². The molecule has 2 rings (SSSR count). The van der Waals surface area contributed by atoms with Crippen molar-refractivity contribution in [3.8, 4) is 0 Å². The monoisotopic (exact) mass is 238 g/mol. The average Bonchev–Trinajstić information content (AvgIpc) is 2.81. The lowest BCUT2D eigenvalue weighted by atomic mass is 10.1. The van der Waals surface area contributed by atoms with Crippen molar-refractivity contribution >= 4 is 5.97 Å². The first-order chi connectivity index (χ1) is 8.19. The molecule has 1 aromatic rings. The summed E-state index contributed by atoms with van der Waals surface area (Å²) in [5, 5.41) is 0. The standard InChI is InChI=1S/C12H18N2O3/c1-14-6-4-9(5-7-14)17-12(15)11-3-2-10(8-13)16-11/h2-3,9H,4-8,13H2,1H3. The van der Waals surface area contributed by atoms with Gasteiger partial charge in [-0.05, 0) is 32.0 Å². The van der Waals surface area contributed by atoms with Crippen molar-refractivity contribution in [2.75, 3.05) is 20.1 Å². The van der Waals surface area contributed by atoms with Gasteiger partial charge in [0.25, 0.3) is 0 Å². The van der Waals surface area contributed by atoms with Crippen molar-refractivity contribution in [3.63, 3.8) is 0 Å². The number of nitrogens with two attached hydrogens (primary N) is 1. The Hall–Kier alpha value is -1.33. The molecule has 94 valence electrons. The summed E-state index contributed by atoms with van der Waals surface area (Å²) < 4.78 is 10.6. The Morgan fingerprint density at radius 2 is 2.24 bits per heavy atom. The van der Waals surface area contributed by atoms with E-state index >= 15 is 0 Å². The predicted octanol–water partition coefficient (Wildman–Crippen LogP) is 0.989. The summed E-state index contributed by atoms with van der Waals surface area (Å²) in [5.74, 6) is 0.448. The number of nitrogens with zero attached hydrogens (tertiary/aromatic N) is 1. The van der Waals surface area contributed by atoms with Crippen LogP contribution in [0.5, 0.6) is 0 Å². The molecule has 1 aliphatic heterocycles. The van der Waals surface area contributed by atoms with E-state index in [9.17, 15) is 4.79 Å². The normalized spacial score (nSPS) is 18.2. The molecular formula is C12H18N2O3. The van der Waals surface area contributed by atoms with Gasteiger partial charge in [-0.25, -0.2) is 4.79 Å². The molecule has 0 bridgehead atoms. The van der Waals surface area contributed by atoms with E-state index in [-0.39, 0.29) is 17.8 Å². The van der Waals surface area contributed by atoms with Crippen molar-refractivity contribution in [3.05, 3.63) is 23.7 Å². The third kappa shape index (κ3) is 3.08. The van der Waals surface area contributed by atoms with Crippen molar-refractivity contribution in [2.45, 2.75) is 25.5 Å². The van der Waals surface area contributed by atoms with Gasteiger partial charge in [0.15, 0.2) is 0 Å². The van der Waals surface area contributed by atoms with Crippen LogP contribution in [0.15, 0.2) is 16.5 Å². The Morgan fingerprint density at radius 3 is 2.82 bits per heavy atom. The second kappa shape index (κ2) is 5.33. The minimum atomic E-state index is -0.390. The Balaban J connectivity index is 1.88. The number of hydrogen-bond donors (Lipinski definition) is 1. The highest BCUT2D eigenvalue weighted by molar-refractivity contribution is 5.86. The Morgan fingerprint density at radius 1 is 1.53 bits per heavy atom. The van der Waals surface area contributed by atoms with Crippen LogP contribution in [0.2, 0.25) is 0 Å². The van der Waals surface area contributed by atoms with Crippen LogP contribution in [-0.4, -0.2) is 37.1 Å². The summed E-state index contributed by atoms with van der Waals surface area (Å²) in [4.78, 5) is 14.0. The molecule has 5 heteroatoms. The van der Waals surface area contributed by atoms with Crippen LogP contribution in [0.25, 0.3) is 0 Å². The van der Waals surface area contributed by atoms with Crippen LogP contribution in [0.1, 0.15) is 29.2 Å². The quantitative estimate of drug-likeness (QED) is 0.795. The van der Waals surface area contributed by atoms with Crippen LogP contribution in [0.4, 0.5) is 0 Å². The lowest BCUT2D eigenvalue weighted by Gasteiger charge is -2.28. The van der Waals surface area contributed by atoms with E-state index in [4.69, 9.17) is 14.9 Å². The molecular weight excluding hydrogens is 220 g/mol. The first kappa shape index (κ1) is 12.1. The minimum Gasteiger partial charge on any atom is -0.456 e. The molecule has 2 heterocycles. The molecule has 0 aliphatic carbocycles. The molecule has 17 heavy (non-hydrogen) atoms. The maximum absolute atomic E-state index is 11.8. The Kier molecular flexibility index (Phi) is 3.81. The number of furan rings is 1. The molecule has 2 N–H and O–H groups in total. The fraction of sp³-hybridized carbons (Fsp3) is 0.583. The van der Waals surface area contributed by atoms with E-state index in [0.717, 1.165) is 25.9 Å². The maximum atomic E-state index is 11.8. The fourth-order valence-corrected chi connectivity index (χ4v) is 1.91. The maximum Gasteiger partial charge on any atom is 0.374 e. The number of piperidine rings is 1. The molecule has 1 saturated heterocycles. The number of carbonyl (C=O) groups excluding carboxylic acids is 1. The SMILES string of the molecule is CN1CCC(OC(=O)c2ccc(CN)o2)CC1. The fourth-order valence-electron chi connectivity index (χ4n) is 1.91. The van der Waals surface area contributed by atoms with E-state index < -0.39 is 0 Å². The molecule has 0 unspecified atom stereocenters. The van der Waals surface area contributed by atoms with Crippen molar-refractivity contribution in [2.24, 2.45) is 5.73 Å². The highest BCUT2D eigenvalue weighted by atomic mass is 16.6. The van der Waals surface area contributed by atoms with Gasteiger partial charge >= 0.3 is 5.97 Å². The first-order valence-electron chi connectivity index (χ1n) is 5.87. The van der Waals surface area contributed by atoms with Gasteiger partial charge in [0.05, 0.1) is 6.54 Å². The highest BCUT2D eigenvalue weighted by Gasteiger charge is 2.22. The zero-order valence-electron chi connectivity index (χ0n) is 10.0. The number of rotatable bonds is 3. The average molecular weight is 238 g/mol. The third-order valence-corrected chi connectivity index (χ3v) is 3.00. The van der Waals surface area contributed by atoms with E-state index in [2.05, 4.69) is 11.9 Å². The highest BCUT2D eigenvalue weighted by Crippen LogP contribution is 2.15. The van der Waals surface area contributed by atoms with Gasteiger partial charge in [0, 0.05) is 13.1 Å². The Bertz CT molecular complexity index is 381. The number of ether oxygens (including phenoxy) is 1. The molecule has 1 fully saturated rings. The first-order valence-corrected chi connectivity index (χ1v) is 5.87. The number of esters is 1. The lowest BCUT2D eigenvalue weighted by molar-refractivity contribution is 0.0106. The van der Waals surface area contributed by atoms with Crippen LogP contribution >= 0.6 is 0 Å². The molecule has 0 saturated carbocycles. The van der Waals surface area contributed by atoms with Crippen LogP contribution in [-0.2, 0) is 11.3 Å². The molecule has 0 aromatic carbocycles. The molecule has 0 amide bonds. The van der Waals surface area contributed by atoms with Gasteiger partial charge in [-0.3, -0.25) is 0 Å². The zero-order chi connectivity index (χ0) is 12.3. The summed E-state index contributed by atoms with van der Waals surface area (Å²) in [6, 6.07) is 3.31. The minimum absolute atomic E-state index is 0.00475. The van der Waals surface area contributed by atoms with E-state index in [1.165, 1.54) is 0 Å². The predicted molar refractivity (Wildman–Crippen MR) is 62.5 cm³/mol. The van der Waals surface area contributed by atoms with E-state index in [1.807, 2.05) is 0 Å². The third-order valence-electron chi connectivity index (χ3n) is 3.00. The molecule has 5 nitrogen and oxygen atoms in total. The van der Waals surface area contributed by atoms with Crippen LogP contribution in [0, 0.1) is 0 Å². The van der Waals surface area contributed by atoms with Gasteiger partial charge in [0.2, 0.25) is 5.76 Å². The van der Waals surface area contributed by atoms with Gasteiger partial charge in [-0.2, -0.15) is 0 Å². The summed E-state index contributed by atoms with van der Waals surface area (Å²) in [6.07, 6.45) is 1.77. The summed E-state index contributed by atoms with van der Waals surface area (Å²) in [6.45, 7) is 2.22. The molecule has 0 atom stereocenters. The van der Waals surface area contributed by atoms with Crippen LogP contribution in [0.3, 0.4) is 0 Å². The second-order valence-corrected chi connectivity index (χ2v) is 4.38. The van der Waals surface area contributed by atoms with Gasteiger partial charge in [-0.1, -0.05) is 0 Å². The smallest absolute Gasteiger partial charge is 0.374 e.